The molecule has 1 fully saturated rings. The third-order valence-corrected chi connectivity index (χ3v) is 4.26. The van der Waals surface area contributed by atoms with Crippen LogP contribution < -0.4 is 4.90 Å². The van der Waals surface area contributed by atoms with E-state index in [0.29, 0.717) is 0 Å². The Labute approximate surface area is 132 Å². The molecule has 0 saturated carbocycles. The maximum Gasteiger partial charge on any atom is 0.178 e. The van der Waals surface area contributed by atoms with Gasteiger partial charge in [0.15, 0.2) is 5.65 Å². The molecule has 0 spiro atoms. The Kier molecular flexibility index (Phi) is 2.58. The summed E-state index contributed by atoms with van der Waals surface area (Å²) in [6.07, 6.45) is 9.56. The molecule has 1 aromatic carbocycles. The average Bonchev–Trinajstić information content (AvgIpc) is 2.98. The molecule has 0 aliphatic carbocycles. The van der Waals surface area contributed by atoms with E-state index in [1.54, 1.807) is 12.4 Å². The van der Waals surface area contributed by atoms with Crippen molar-refractivity contribution in [2.24, 2.45) is 0 Å². The van der Waals surface area contributed by atoms with Gasteiger partial charge in [0, 0.05) is 31.0 Å². The Hall–Kier alpha value is -3.02. The summed E-state index contributed by atoms with van der Waals surface area (Å²) in [5.41, 5.74) is 5.52. The molecule has 1 aliphatic rings. The quantitative estimate of drug-likeness (QED) is 0.569. The zero-order chi connectivity index (χ0) is 15.2. The molecular formula is C17H13N6. The second kappa shape index (κ2) is 4.74. The van der Waals surface area contributed by atoms with Gasteiger partial charge in [-0.05, 0) is 24.6 Å². The van der Waals surface area contributed by atoms with Crippen molar-refractivity contribution in [1.82, 2.24) is 24.6 Å². The summed E-state index contributed by atoms with van der Waals surface area (Å²) >= 11 is 0. The average molecular weight is 301 g/mol. The van der Waals surface area contributed by atoms with Crippen LogP contribution in [0.3, 0.4) is 0 Å². The molecule has 0 unspecified atom stereocenters. The fourth-order valence-electron chi connectivity index (χ4n) is 2.93. The van der Waals surface area contributed by atoms with E-state index in [4.69, 9.17) is 0 Å². The second-order valence-electron chi connectivity index (χ2n) is 5.62. The highest BCUT2D eigenvalue weighted by Gasteiger charge is 2.20. The molecule has 6 heteroatoms. The number of rotatable bonds is 2. The summed E-state index contributed by atoms with van der Waals surface area (Å²) in [5, 5.41) is 4.46. The molecule has 0 N–H and O–H groups in total. The number of benzene rings is 1. The van der Waals surface area contributed by atoms with Crippen molar-refractivity contribution in [2.75, 3.05) is 18.0 Å². The minimum Gasteiger partial charge on any atom is -0.368 e. The zero-order valence-electron chi connectivity index (χ0n) is 12.3. The van der Waals surface area contributed by atoms with Crippen LogP contribution in [0, 0.1) is 6.20 Å². The van der Waals surface area contributed by atoms with E-state index in [9.17, 15) is 0 Å². The highest BCUT2D eigenvalue weighted by molar-refractivity contribution is 5.81. The molecule has 111 valence electrons. The number of nitrogens with zero attached hydrogens (tertiary/aromatic N) is 6. The largest absolute Gasteiger partial charge is 0.368 e. The lowest BCUT2D eigenvalue weighted by molar-refractivity contribution is 0.617. The molecule has 23 heavy (non-hydrogen) atoms. The molecule has 4 aromatic rings. The first-order chi connectivity index (χ1) is 11.4. The van der Waals surface area contributed by atoms with Gasteiger partial charge in [-0.1, -0.05) is 6.07 Å². The molecule has 3 aromatic heterocycles. The van der Waals surface area contributed by atoms with Crippen LogP contribution in [0.2, 0.25) is 0 Å². The monoisotopic (exact) mass is 301 g/mol. The third-order valence-electron chi connectivity index (χ3n) is 4.26. The zero-order valence-corrected chi connectivity index (χ0v) is 12.3. The van der Waals surface area contributed by atoms with Crippen LogP contribution in [-0.2, 0) is 0 Å². The van der Waals surface area contributed by atoms with Crippen molar-refractivity contribution in [3.8, 4) is 11.3 Å². The van der Waals surface area contributed by atoms with Crippen LogP contribution in [0.1, 0.15) is 6.42 Å². The number of aromatic nitrogens is 5. The van der Waals surface area contributed by atoms with Gasteiger partial charge >= 0.3 is 0 Å². The predicted molar refractivity (Wildman–Crippen MR) is 87.2 cm³/mol. The van der Waals surface area contributed by atoms with Crippen molar-refractivity contribution in [3.05, 3.63) is 49.1 Å². The number of hydrogen-bond acceptors (Lipinski definition) is 5. The number of anilines is 1. The summed E-state index contributed by atoms with van der Waals surface area (Å²) in [6.45, 7) is 2.15. The van der Waals surface area contributed by atoms with Gasteiger partial charge < -0.3 is 4.90 Å². The van der Waals surface area contributed by atoms with Crippen LogP contribution in [0.15, 0.2) is 42.9 Å². The fraction of sp³-hybridized carbons (Fsp3) is 0.176. The highest BCUT2D eigenvalue weighted by Crippen LogP contribution is 2.28. The lowest BCUT2D eigenvalue weighted by atomic mass is 10.1. The van der Waals surface area contributed by atoms with Crippen molar-refractivity contribution < 1.29 is 0 Å². The predicted octanol–water partition coefficient (Wildman–Crippen LogP) is 2.35. The topological polar surface area (TPSA) is 59.2 Å². The van der Waals surface area contributed by atoms with E-state index in [1.165, 1.54) is 6.42 Å². The van der Waals surface area contributed by atoms with Gasteiger partial charge in [-0.2, -0.15) is 5.10 Å². The molecular weight excluding hydrogens is 288 g/mol. The van der Waals surface area contributed by atoms with E-state index >= 15 is 0 Å². The van der Waals surface area contributed by atoms with E-state index in [2.05, 4.69) is 31.1 Å². The Morgan fingerprint density at radius 1 is 0.957 bits per heavy atom. The molecule has 5 rings (SSSR count). The van der Waals surface area contributed by atoms with E-state index < -0.39 is 0 Å². The standard InChI is InChI=1S/C17H13N6/c1-8-22(9-1)15-4-5-21-23-16(11-20-17(15)23)12-2-3-13-14(10-12)19-7-6-18-13/h2-7,10H,1,8-9H2. The number of fused-ring (bicyclic) bond motifs is 2. The number of hydrogen-bond donors (Lipinski definition) is 0. The Bertz CT molecular complexity index is 1020. The molecule has 1 saturated heterocycles. The maximum atomic E-state index is 4.48. The van der Waals surface area contributed by atoms with Crippen molar-refractivity contribution in [1.29, 1.82) is 0 Å². The maximum absolute atomic E-state index is 4.48. The molecule has 1 radical (unpaired) electrons. The minimum absolute atomic E-state index is 0.843. The van der Waals surface area contributed by atoms with Crippen LogP contribution in [-0.4, -0.2) is 37.7 Å². The SMILES string of the molecule is [c]1nc2c(N3CCC3)ccnn2c1-c1ccc2nccnc2c1. The summed E-state index contributed by atoms with van der Waals surface area (Å²) in [7, 11) is 0. The lowest BCUT2D eigenvalue weighted by Crippen LogP contribution is -2.37. The van der Waals surface area contributed by atoms with Crippen molar-refractivity contribution in [2.45, 2.75) is 6.42 Å². The molecule has 0 atom stereocenters. The van der Waals surface area contributed by atoms with Gasteiger partial charge in [-0.25, -0.2) is 9.50 Å². The summed E-state index contributed by atoms with van der Waals surface area (Å²) in [4.78, 5) is 15.5. The molecule has 1 aliphatic heterocycles. The Morgan fingerprint density at radius 2 is 1.83 bits per heavy atom. The van der Waals surface area contributed by atoms with Crippen LogP contribution in [0.4, 0.5) is 5.69 Å². The molecule has 6 nitrogen and oxygen atoms in total. The Balaban J connectivity index is 1.69. The first kappa shape index (κ1) is 12.5. The third kappa shape index (κ3) is 1.88. The van der Waals surface area contributed by atoms with Gasteiger partial charge in [0.2, 0.25) is 0 Å². The van der Waals surface area contributed by atoms with Gasteiger partial charge in [0.1, 0.15) is 11.9 Å². The van der Waals surface area contributed by atoms with Gasteiger partial charge in [-0.3, -0.25) is 9.97 Å². The van der Waals surface area contributed by atoms with E-state index in [-0.39, 0.29) is 0 Å². The van der Waals surface area contributed by atoms with Crippen LogP contribution >= 0.6 is 0 Å². The van der Waals surface area contributed by atoms with Crippen LogP contribution in [0.5, 0.6) is 0 Å². The first-order valence-electron chi connectivity index (χ1n) is 7.62. The fourth-order valence-corrected chi connectivity index (χ4v) is 2.93. The lowest BCUT2D eigenvalue weighted by Gasteiger charge is -2.32. The van der Waals surface area contributed by atoms with Crippen molar-refractivity contribution >= 4 is 22.4 Å². The molecule has 4 heterocycles. The first-order valence-corrected chi connectivity index (χ1v) is 7.62. The van der Waals surface area contributed by atoms with Crippen molar-refractivity contribution in [3.63, 3.8) is 0 Å². The minimum atomic E-state index is 0.843. The van der Waals surface area contributed by atoms with Gasteiger partial charge in [-0.15, -0.1) is 0 Å². The summed E-state index contributed by atoms with van der Waals surface area (Å²) < 4.78 is 1.85. The van der Waals surface area contributed by atoms with E-state index in [0.717, 1.165) is 46.7 Å². The van der Waals surface area contributed by atoms with E-state index in [1.807, 2.05) is 35.0 Å². The molecule has 0 amide bonds. The smallest absolute Gasteiger partial charge is 0.178 e. The van der Waals surface area contributed by atoms with Crippen LogP contribution in [0.25, 0.3) is 27.9 Å². The number of imidazole rings is 1. The Morgan fingerprint density at radius 3 is 2.65 bits per heavy atom. The molecule has 0 bridgehead atoms. The summed E-state index contributed by atoms with van der Waals surface area (Å²) in [5.74, 6) is 0. The summed E-state index contributed by atoms with van der Waals surface area (Å²) in [6, 6.07) is 7.99. The highest BCUT2D eigenvalue weighted by atomic mass is 15.3. The van der Waals surface area contributed by atoms with Gasteiger partial charge in [0.05, 0.1) is 22.9 Å². The second-order valence-corrected chi connectivity index (χ2v) is 5.62. The van der Waals surface area contributed by atoms with Gasteiger partial charge in [0.25, 0.3) is 0 Å². The normalized spacial score (nSPS) is 14.3.